The molecular weight excluding hydrogens is 282 g/mol. The molecule has 1 fully saturated rings. The molecule has 1 amide bonds. The molecule has 0 atom stereocenters. The van der Waals surface area contributed by atoms with Crippen LogP contribution in [0.5, 0.6) is 0 Å². The molecule has 4 nitrogen and oxygen atoms in total. The van der Waals surface area contributed by atoms with Crippen LogP contribution in [0.25, 0.3) is 0 Å². The average Bonchev–Trinajstić information content (AvgIpc) is 2.83. The maximum atomic E-state index is 11.6. The van der Waals surface area contributed by atoms with E-state index in [1.165, 1.54) is 25.7 Å². The summed E-state index contributed by atoms with van der Waals surface area (Å²) in [5, 5.41) is 6.08. The molecule has 0 aliphatic heterocycles. The van der Waals surface area contributed by atoms with Crippen molar-refractivity contribution in [3.05, 3.63) is 22.9 Å². The van der Waals surface area contributed by atoms with Crippen molar-refractivity contribution in [1.29, 1.82) is 0 Å². The number of pyridine rings is 1. The van der Waals surface area contributed by atoms with Gasteiger partial charge < -0.3 is 10.6 Å². The van der Waals surface area contributed by atoms with Gasteiger partial charge in [-0.2, -0.15) is 0 Å². The minimum absolute atomic E-state index is 0.0129. The van der Waals surface area contributed by atoms with Gasteiger partial charge in [0.1, 0.15) is 4.60 Å². The lowest BCUT2D eigenvalue weighted by molar-refractivity contribution is -0.115. The number of carbonyl (C=O) groups excluding carboxylic acids is 1. The number of hydrogen-bond donors (Lipinski definition) is 2. The molecule has 0 unspecified atom stereocenters. The summed E-state index contributed by atoms with van der Waals surface area (Å²) in [6.07, 6.45) is 6.56. The van der Waals surface area contributed by atoms with Gasteiger partial charge >= 0.3 is 0 Å². The standard InChI is InChI=1S/C12H16BrN3O/c13-11-6-5-10(7-15-11)16-12(17)8-14-9-3-1-2-4-9/h5-7,9,14H,1-4,8H2,(H,16,17). The molecule has 17 heavy (non-hydrogen) atoms. The van der Waals surface area contributed by atoms with Gasteiger partial charge in [0, 0.05) is 6.04 Å². The first kappa shape index (κ1) is 12.5. The van der Waals surface area contributed by atoms with Crippen molar-refractivity contribution in [3.8, 4) is 0 Å². The Balaban J connectivity index is 1.74. The van der Waals surface area contributed by atoms with Crippen LogP contribution in [0.4, 0.5) is 5.69 Å². The predicted molar refractivity (Wildman–Crippen MR) is 70.8 cm³/mol. The summed E-state index contributed by atoms with van der Waals surface area (Å²) < 4.78 is 0.763. The number of hydrogen-bond acceptors (Lipinski definition) is 3. The average molecular weight is 298 g/mol. The lowest BCUT2D eigenvalue weighted by Gasteiger charge is -2.11. The van der Waals surface area contributed by atoms with Crippen LogP contribution in [0.15, 0.2) is 22.9 Å². The molecular formula is C12H16BrN3O. The summed E-state index contributed by atoms with van der Waals surface area (Å²) in [7, 11) is 0. The maximum Gasteiger partial charge on any atom is 0.238 e. The third-order valence-corrected chi connectivity index (χ3v) is 3.39. The zero-order valence-corrected chi connectivity index (χ0v) is 11.2. The molecule has 1 aromatic heterocycles. The van der Waals surface area contributed by atoms with Crippen molar-refractivity contribution >= 4 is 27.5 Å². The molecule has 0 bridgehead atoms. The highest BCUT2D eigenvalue weighted by atomic mass is 79.9. The third-order valence-electron chi connectivity index (χ3n) is 2.92. The number of amides is 1. The largest absolute Gasteiger partial charge is 0.324 e. The maximum absolute atomic E-state index is 11.6. The molecule has 2 N–H and O–H groups in total. The Morgan fingerprint density at radius 1 is 1.41 bits per heavy atom. The molecule has 0 saturated heterocycles. The Labute approximate surface area is 109 Å². The number of halogens is 1. The summed E-state index contributed by atoms with van der Waals surface area (Å²) in [5.74, 6) is -0.0129. The molecule has 2 rings (SSSR count). The molecule has 0 radical (unpaired) electrons. The van der Waals surface area contributed by atoms with Gasteiger partial charge in [-0.3, -0.25) is 4.79 Å². The fourth-order valence-electron chi connectivity index (χ4n) is 2.02. The van der Waals surface area contributed by atoms with Crippen molar-refractivity contribution in [2.24, 2.45) is 0 Å². The van der Waals surface area contributed by atoms with Gasteiger partial charge in [-0.05, 0) is 40.9 Å². The summed E-state index contributed by atoms with van der Waals surface area (Å²) in [6.45, 7) is 0.376. The zero-order valence-electron chi connectivity index (χ0n) is 9.58. The SMILES string of the molecule is O=C(CNC1CCCC1)Nc1ccc(Br)nc1. The lowest BCUT2D eigenvalue weighted by Crippen LogP contribution is -2.34. The smallest absolute Gasteiger partial charge is 0.238 e. The van der Waals surface area contributed by atoms with Crippen LogP contribution in [-0.4, -0.2) is 23.5 Å². The Kier molecular flexibility index (Phi) is 4.50. The Hall–Kier alpha value is -0.940. The monoisotopic (exact) mass is 297 g/mol. The highest BCUT2D eigenvalue weighted by molar-refractivity contribution is 9.10. The van der Waals surface area contributed by atoms with Gasteiger partial charge in [0.15, 0.2) is 0 Å². The summed E-state index contributed by atoms with van der Waals surface area (Å²) >= 11 is 3.25. The molecule has 1 aliphatic rings. The number of aromatic nitrogens is 1. The van der Waals surface area contributed by atoms with Gasteiger partial charge in [0.05, 0.1) is 18.4 Å². The molecule has 5 heteroatoms. The lowest BCUT2D eigenvalue weighted by atomic mass is 10.2. The van der Waals surface area contributed by atoms with Crippen LogP contribution in [0.3, 0.4) is 0 Å². The highest BCUT2D eigenvalue weighted by Gasteiger charge is 2.15. The minimum atomic E-state index is -0.0129. The second-order valence-corrected chi connectivity index (χ2v) is 5.09. The van der Waals surface area contributed by atoms with E-state index in [4.69, 9.17) is 0 Å². The van der Waals surface area contributed by atoms with E-state index < -0.39 is 0 Å². The van der Waals surface area contributed by atoms with Crippen LogP contribution in [0.1, 0.15) is 25.7 Å². The molecule has 1 saturated carbocycles. The van der Waals surface area contributed by atoms with Crippen LogP contribution in [0, 0.1) is 0 Å². The first-order valence-corrected chi connectivity index (χ1v) is 6.68. The van der Waals surface area contributed by atoms with E-state index in [2.05, 4.69) is 31.5 Å². The van der Waals surface area contributed by atoms with Gasteiger partial charge in [-0.25, -0.2) is 4.98 Å². The summed E-state index contributed by atoms with van der Waals surface area (Å²) in [6, 6.07) is 4.15. The summed E-state index contributed by atoms with van der Waals surface area (Å²) in [5.41, 5.74) is 0.728. The van der Waals surface area contributed by atoms with Crippen molar-refractivity contribution < 1.29 is 4.79 Å². The topological polar surface area (TPSA) is 54.0 Å². The van der Waals surface area contributed by atoms with E-state index >= 15 is 0 Å². The normalized spacial score (nSPS) is 16.1. The van der Waals surface area contributed by atoms with E-state index in [0.717, 1.165) is 10.3 Å². The molecule has 0 aromatic carbocycles. The Morgan fingerprint density at radius 2 is 2.18 bits per heavy atom. The first-order chi connectivity index (χ1) is 8.24. The highest BCUT2D eigenvalue weighted by Crippen LogP contribution is 2.17. The second-order valence-electron chi connectivity index (χ2n) is 4.28. The van der Waals surface area contributed by atoms with Crippen molar-refractivity contribution in [1.82, 2.24) is 10.3 Å². The fraction of sp³-hybridized carbons (Fsp3) is 0.500. The minimum Gasteiger partial charge on any atom is -0.324 e. The van der Waals surface area contributed by atoms with Crippen LogP contribution in [0.2, 0.25) is 0 Å². The van der Waals surface area contributed by atoms with Gasteiger partial charge in [-0.15, -0.1) is 0 Å². The van der Waals surface area contributed by atoms with E-state index in [-0.39, 0.29) is 5.91 Å². The van der Waals surface area contributed by atoms with Gasteiger partial charge in [0.25, 0.3) is 0 Å². The van der Waals surface area contributed by atoms with Gasteiger partial charge in [-0.1, -0.05) is 12.8 Å². The predicted octanol–water partition coefficient (Wildman–Crippen LogP) is 2.31. The molecule has 1 heterocycles. The number of nitrogens with zero attached hydrogens (tertiary/aromatic N) is 1. The van der Waals surface area contributed by atoms with E-state index in [9.17, 15) is 4.79 Å². The Morgan fingerprint density at radius 3 is 2.82 bits per heavy atom. The first-order valence-electron chi connectivity index (χ1n) is 5.89. The van der Waals surface area contributed by atoms with Crippen LogP contribution < -0.4 is 10.6 Å². The number of nitrogens with one attached hydrogen (secondary N) is 2. The van der Waals surface area contributed by atoms with Crippen molar-refractivity contribution in [2.75, 3.05) is 11.9 Å². The number of rotatable bonds is 4. The second kappa shape index (κ2) is 6.12. The van der Waals surface area contributed by atoms with E-state index in [1.807, 2.05) is 6.07 Å². The molecule has 92 valence electrons. The Bertz CT molecular complexity index is 374. The van der Waals surface area contributed by atoms with Crippen LogP contribution in [-0.2, 0) is 4.79 Å². The number of carbonyl (C=O) groups is 1. The van der Waals surface area contributed by atoms with E-state index in [0.29, 0.717) is 12.6 Å². The fourth-order valence-corrected chi connectivity index (χ4v) is 2.26. The zero-order chi connectivity index (χ0) is 12.1. The number of anilines is 1. The van der Waals surface area contributed by atoms with Crippen molar-refractivity contribution in [2.45, 2.75) is 31.7 Å². The van der Waals surface area contributed by atoms with Crippen molar-refractivity contribution in [3.63, 3.8) is 0 Å². The molecule has 1 aliphatic carbocycles. The van der Waals surface area contributed by atoms with E-state index in [1.54, 1.807) is 12.3 Å². The quantitative estimate of drug-likeness (QED) is 0.839. The third kappa shape index (κ3) is 4.09. The summed E-state index contributed by atoms with van der Waals surface area (Å²) in [4.78, 5) is 15.7. The molecule has 1 aromatic rings. The van der Waals surface area contributed by atoms with Gasteiger partial charge in [0.2, 0.25) is 5.91 Å². The molecule has 0 spiro atoms. The van der Waals surface area contributed by atoms with Crippen LogP contribution >= 0.6 is 15.9 Å².